The minimum absolute atomic E-state index is 0.426. The van der Waals surface area contributed by atoms with E-state index in [4.69, 9.17) is 18.9 Å². The van der Waals surface area contributed by atoms with Gasteiger partial charge in [0.05, 0.1) is 13.2 Å². The highest BCUT2D eigenvalue weighted by molar-refractivity contribution is 7.26. The first kappa shape index (κ1) is 34.7. The van der Waals surface area contributed by atoms with E-state index in [1.54, 1.807) is 14.2 Å². The number of hydrogen-bond acceptors (Lipinski definition) is 6. The minimum Gasteiger partial charge on any atom is -0.491 e. The first-order chi connectivity index (χ1) is 27.7. The molecule has 0 aliphatic rings. The molecule has 10 aromatic rings. The van der Waals surface area contributed by atoms with E-state index in [2.05, 4.69) is 146 Å². The van der Waals surface area contributed by atoms with Crippen LogP contribution in [-0.4, -0.2) is 40.6 Å². The molecule has 0 unspecified atom stereocenters. The fourth-order valence-electron chi connectivity index (χ4n) is 8.13. The normalized spacial score (nSPS) is 11.8. The highest BCUT2D eigenvalue weighted by Crippen LogP contribution is 2.48. The molecule has 0 atom stereocenters. The van der Waals surface area contributed by atoms with E-state index in [1.807, 2.05) is 22.7 Å². The van der Waals surface area contributed by atoms with E-state index >= 15 is 0 Å². The molecule has 0 radical (unpaired) electrons. The third kappa shape index (κ3) is 5.97. The van der Waals surface area contributed by atoms with Gasteiger partial charge in [0.1, 0.15) is 24.7 Å². The second kappa shape index (κ2) is 14.7. The molecule has 8 aromatic carbocycles. The summed E-state index contributed by atoms with van der Waals surface area (Å²) in [6, 6.07) is 52.9. The summed E-state index contributed by atoms with van der Waals surface area (Å²) in [6.07, 6.45) is 0. The SMILES string of the molecule is COCCOc1ccc2cc(-c3cccc4c3sc3ccccc34)ccc2c1-c1c(OCCOC)ccc2cc(-c3cccc4c3sc3ccccc34)ccc12. The summed E-state index contributed by atoms with van der Waals surface area (Å²) in [6.45, 7) is 1.81. The third-order valence-corrected chi connectivity index (χ3v) is 13.2. The zero-order chi connectivity index (χ0) is 37.6. The van der Waals surface area contributed by atoms with Crippen LogP contribution in [0.1, 0.15) is 0 Å². The van der Waals surface area contributed by atoms with Crippen molar-refractivity contribution in [1.82, 2.24) is 0 Å². The van der Waals surface area contributed by atoms with Gasteiger partial charge in [0.25, 0.3) is 0 Å². The van der Waals surface area contributed by atoms with E-state index in [1.165, 1.54) is 62.6 Å². The maximum Gasteiger partial charge on any atom is 0.128 e. The number of rotatable bonds is 11. The number of methoxy groups -OCH3 is 2. The fourth-order valence-corrected chi connectivity index (χ4v) is 10.6. The first-order valence-electron chi connectivity index (χ1n) is 18.9. The van der Waals surface area contributed by atoms with Crippen LogP contribution in [0.25, 0.3) is 95.3 Å². The molecular weight excluding hydrogens is 729 g/mol. The number of benzene rings is 8. The van der Waals surface area contributed by atoms with Crippen molar-refractivity contribution >= 4 is 84.6 Å². The summed E-state index contributed by atoms with van der Waals surface area (Å²) in [5.74, 6) is 1.58. The van der Waals surface area contributed by atoms with E-state index < -0.39 is 0 Å². The molecule has 0 N–H and O–H groups in total. The molecule has 0 aliphatic heterocycles. The number of fused-ring (bicyclic) bond motifs is 8. The molecule has 0 aliphatic carbocycles. The van der Waals surface area contributed by atoms with Gasteiger partial charge in [-0.15, -0.1) is 22.7 Å². The van der Waals surface area contributed by atoms with Crippen LogP contribution in [0.5, 0.6) is 11.5 Å². The molecular formula is C50H38O4S2. The Labute approximate surface area is 333 Å². The minimum atomic E-state index is 0.426. The molecule has 10 rings (SSSR count). The number of ether oxygens (including phenoxy) is 4. The summed E-state index contributed by atoms with van der Waals surface area (Å²) in [5.41, 5.74) is 6.85. The van der Waals surface area contributed by atoms with E-state index in [0.29, 0.717) is 26.4 Å². The Morgan fingerprint density at radius 2 is 0.839 bits per heavy atom. The predicted octanol–water partition coefficient (Wildman–Crippen LogP) is 13.8. The van der Waals surface area contributed by atoms with Crippen LogP contribution < -0.4 is 9.47 Å². The number of thiophene rings is 2. The second-order valence-electron chi connectivity index (χ2n) is 14.0. The molecule has 2 heterocycles. The maximum atomic E-state index is 6.54. The Balaban J connectivity index is 1.17. The van der Waals surface area contributed by atoms with Crippen LogP contribution in [0.15, 0.2) is 146 Å². The van der Waals surface area contributed by atoms with Gasteiger partial charge in [0.2, 0.25) is 0 Å². The quantitative estimate of drug-likeness (QED) is 0.123. The molecule has 0 saturated carbocycles. The summed E-state index contributed by atoms with van der Waals surface area (Å²) in [5, 5.41) is 9.63. The molecule has 6 heteroatoms. The van der Waals surface area contributed by atoms with Gasteiger partial charge in [0.15, 0.2) is 0 Å². The lowest BCUT2D eigenvalue weighted by Gasteiger charge is -2.20. The van der Waals surface area contributed by atoms with Crippen molar-refractivity contribution in [3.8, 4) is 44.9 Å². The summed E-state index contributed by atoms with van der Waals surface area (Å²) in [4.78, 5) is 0. The van der Waals surface area contributed by atoms with E-state index in [-0.39, 0.29) is 0 Å². The van der Waals surface area contributed by atoms with Gasteiger partial charge in [-0.2, -0.15) is 0 Å². The average molecular weight is 767 g/mol. The first-order valence-corrected chi connectivity index (χ1v) is 20.5. The smallest absolute Gasteiger partial charge is 0.128 e. The van der Waals surface area contributed by atoms with Crippen molar-refractivity contribution in [2.24, 2.45) is 0 Å². The van der Waals surface area contributed by atoms with Gasteiger partial charge in [-0.25, -0.2) is 0 Å². The van der Waals surface area contributed by atoms with Gasteiger partial charge in [-0.05, 0) is 80.2 Å². The van der Waals surface area contributed by atoms with Crippen LogP contribution in [0.2, 0.25) is 0 Å². The summed E-state index contributed by atoms with van der Waals surface area (Å²) < 4.78 is 29.1. The molecule has 0 amide bonds. The Morgan fingerprint density at radius 3 is 1.30 bits per heavy atom. The van der Waals surface area contributed by atoms with Crippen molar-refractivity contribution in [3.05, 3.63) is 146 Å². The molecule has 0 bridgehead atoms. The van der Waals surface area contributed by atoms with Gasteiger partial charge in [-0.1, -0.05) is 109 Å². The molecule has 0 spiro atoms. The van der Waals surface area contributed by atoms with Crippen molar-refractivity contribution in [2.75, 3.05) is 40.6 Å². The molecule has 0 saturated heterocycles. The predicted molar refractivity (Wildman–Crippen MR) is 238 cm³/mol. The van der Waals surface area contributed by atoms with Crippen molar-refractivity contribution in [3.63, 3.8) is 0 Å². The molecule has 0 fully saturated rings. The van der Waals surface area contributed by atoms with Crippen molar-refractivity contribution in [1.29, 1.82) is 0 Å². The van der Waals surface area contributed by atoms with Crippen LogP contribution in [0, 0.1) is 0 Å². The zero-order valence-electron chi connectivity index (χ0n) is 31.1. The van der Waals surface area contributed by atoms with Gasteiger partial charge >= 0.3 is 0 Å². The van der Waals surface area contributed by atoms with Crippen LogP contribution in [-0.2, 0) is 9.47 Å². The Hall–Kier alpha value is -5.76. The lowest BCUT2D eigenvalue weighted by Crippen LogP contribution is -2.07. The summed E-state index contributed by atoms with van der Waals surface area (Å²) >= 11 is 3.72. The molecule has 2 aromatic heterocycles. The Kier molecular flexibility index (Phi) is 9.12. The van der Waals surface area contributed by atoms with E-state index in [0.717, 1.165) is 44.2 Å². The lowest BCUT2D eigenvalue weighted by atomic mass is 9.89. The monoisotopic (exact) mass is 766 g/mol. The largest absolute Gasteiger partial charge is 0.491 e. The molecule has 274 valence electrons. The maximum absolute atomic E-state index is 6.54. The third-order valence-electron chi connectivity index (χ3n) is 10.7. The average Bonchev–Trinajstić information content (AvgIpc) is 3.82. The topological polar surface area (TPSA) is 36.9 Å². The second-order valence-corrected chi connectivity index (χ2v) is 16.1. The Bertz CT molecular complexity index is 2870. The van der Waals surface area contributed by atoms with Crippen LogP contribution in [0.3, 0.4) is 0 Å². The van der Waals surface area contributed by atoms with Gasteiger partial charge in [0, 0.05) is 65.7 Å². The Morgan fingerprint density at radius 1 is 0.393 bits per heavy atom. The van der Waals surface area contributed by atoms with Crippen molar-refractivity contribution in [2.45, 2.75) is 0 Å². The van der Waals surface area contributed by atoms with E-state index in [9.17, 15) is 0 Å². The van der Waals surface area contributed by atoms with Crippen LogP contribution >= 0.6 is 22.7 Å². The molecule has 4 nitrogen and oxygen atoms in total. The fraction of sp³-hybridized carbons (Fsp3) is 0.120. The standard InChI is InChI=1S/C50H38O4S2/c1-51-25-27-53-43-23-19-31-29-33(37-11-7-13-41-39-9-3-5-15-45(39)55-49(37)41)17-21-35(31)47(43)48-36-22-18-34(30-32(36)20-24-44(48)54-28-26-52-2)38-12-8-14-42-40-10-4-6-16-46(40)56-50(38)42/h3-24,29-30H,25-28H2,1-2H3. The molecule has 56 heavy (non-hydrogen) atoms. The summed E-state index contributed by atoms with van der Waals surface area (Å²) in [7, 11) is 3.40. The van der Waals surface area contributed by atoms with Gasteiger partial charge in [-0.3, -0.25) is 0 Å². The van der Waals surface area contributed by atoms with Crippen molar-refractivity contribution < 1.29 is 18.9 Å². The van der Waals surface area contributed by atoms with Crippen LogP contribution in [0.4, 0.5) is 0 Å². The lowest BCUT2D eigenvalue weighted by molar-refractivity contribution is 0.146. The highest BCUT2D eigenvalue weighted by Gasteiger charge is 2.21. The highest BCUT2D eigenvalue weighted by atomic mass is 32.1. The zero-order valence-corrected chi connectivity index (χ0v) is 32.8. The van der Waals surface area contributed by atoms with Gasteiger partial charge < -0.3 is 18.9 Å². The number of hydrogen-bond donors (Lipinski definition) is 0.